The molecule has 0 N–H and O–H groups in total. The molecule has 1 aromatic rings. The first kappa shape index (κ1) is 25.9. The summed E-state index contributed by atoms with van der Waals surface area (Å²) >= 11 is 0. The molecule has 0 fully saturated rings. The molecule has 0 saturated heterocycles. The monoisotopic (exact) mass is 418 g/mol. The maximum absolute atomic E-state index is 12.8. The number of para-hydroxylation sites is 1. The van der Waals surface area contributed by atoms with Crippen molar-refractivity contribution in [2.24, 2.45) is 5.41 Å². The molecule has 30 heavy (non-hydrogen) atoms. The summed E-state index contributed by atoms with van der Waals surface area (Å²) in [6.45, 7) is 6.08. The third kappa shape index (κ3) is 7.92. The summed E-state index contributed by atoms with van der Waals surface area (Å²) in [5, 5.41) is 0. The Balaban J connectivity index is 2.49. The van der Waals surface area contributed by atoms with Crippen LogP contribution in [0.1, 0.15) is 102 Å². The highest BCUT2D eigenvalue weighted by molar-refractivity contribution is 6.01. The molecule has 5 heteroatoms. The summed E-state index contributed by atoms with van der Waals surface area (Å²) in [4.78, 5) is 36.8. The van der Waals surface area contributed by atoms with Gasteiger partial charge in [0.25, 0.3) is 0 Å². The van der Waals surface area contributed by atoms with Gasteiger partial charge in [-0.15, -0.1) is 0 Å². The fourth-order valence-corrected chi connectivity index (χ4v) is 3.49. The summed E-state index contributed by atoms with van der Waals surface area (Å²) in [5.41, 5.74) is -1.08. The normalized spacial score (nSPS) is 11.2. The maximum Gasteiger partial charge on any atom is 0.328 e. The number of benzene rings is 1. The predicted octanol–water partition coefficient (Wildman–Crippen LogP) is 6.28. The first-order valence-electron chi connectivity index (χ1n) is 11.5. The molecule has 0 aliphatic rings. The minimum Gasteiger partial charge on any atom is -0.465 e. The topological polar surface area (TPSA) is 69.7 Å². The van der Waals surface area contributed by atoms with Gasteiger partial charge in [-0.2, -0.15) is 0 Å². The van der Waals surface area contributed by atoms with Gasteiger partial charge in [0.1, 0.15) is 5.75 Å². The smallest absolute Gasteiger partial charge is 0.328 e. The Kier molecular flexibility index (Phi) is 12.7. The van der Waals surface area contributed by atoms with Gasteiger partial charge in [0, 0.05) is 0 Å². The van der Waals surface area contributed by atoms with Gasteiger partial charge >= 0.3 is 11.9 Å². The zero-order valence-corrected chi connectivity index (χ0v) is 18.9. The van der Waals surface area contributed by atoms with Gasteiger partial charge in [-0.05, 0) is 31.4 Å². The molecular formula is C25H38O5. The highest BCUT2D eigenvalue weighted by Gasteiger charge is 2.46. The predicted molar refractivity (Wildman–Crippen MR) is 119 cm³/mol. The van der Waals surface area contributed by atoms with Crippen LogP contribution in [-0.2, 0) is 14.3 Å². The van der Waals surface area contributed by atoms with E-state index in [0.717, 1.165) is 19.3 Å². The van der Waals surface area contributed by atoms with Gasteiger partial charge in [0.15, 0.2) is 11.7 Å². The average molecular weight is 419 g/mol. The molecule has 1 rings (SSSR count). The Bertz CT molecular complexity index is 649. The number of carbonyl (C=O) groups excluding carboxylic acids is 3. The van der Waals surface area contributed by atoms with Crippen LogP contribution >= 0.6 is 0 Å². The molecule has 0 unspecified atom stereocenters. The Morgan fingerprint density at radius 2 is 1.40 bits per heavy atom. The Morgan fingerprint density at radius 1 is 0.833 bits per heavy atom. The number of rotatable bonds is 16. The molecule has 5 nitrogen and oxygen atoms in total. The van der Waals surface area contributed by atoms with Gasteiger partial charge in [-0.3, -0.25) is 14.4 Å². The summed E-state index contributed by atoms with van der Waals surface area (Å²) in [6.07, 6.45) is 11.8. The first-order valence-corrected chi connectivity index (χ1v) is 11.5. The maximum atomic E-state index is 12.8. The zero-order valence-electron chi connectivity index (χ0n) is 18.9. The van der Waals surface area contributed by atoms with E-state index in [4.69, 9.17) is 9.47 Å². The number of hydrogen-bond donors (Lipinski definition) is 0. The average Bonchev–Trinajstić information content (AvgIpc) is 2.76. The number of aldehydes is 1. The molecule has 0 radical (unpaired) electrons. The molecular weight excluding hydrogens is 380 g/mol. The molecule has 0 saturated carbocycles. The number of hydrogen-bond acceptors (Lipinski definition) is 5. The van der Waals surface area contributed by atoms with Crippen LogP contribution in [0.5, 0.6) is 5.75 Å². The Hall–Kier alpha value is -2.17. The van der Waals surface area contributed by atoms with E-state index in [9.17, 15) is 14.4 Å². The third-order valence-electron chi connectivity index (χ3n) is 5.72. The van der Waals surface area contributed by atoms with E-state index < -0.39 is 17.4 Å². The summed E-state index contributed by atoms with van der Waals surface area (Å²) < 4.78 is 10.9. The molecule has 0 spiro atoms. The van der Waals surface area contributed by atoms with E-state index in [-0.39, 0.29) is 24.2 Å². The van der Waals surface area contributed by atoms with E-state index in [1.54, 1.807) is 38.1 Å². The second-order valence-corrected chi connectivity index (χ2v) is 7.80. The highest BCUT2D eigenvalue weighted by atomic mass is 16.6. The standard InChI is InChI=1S/C25H38O5/c1-4-7-8-9-10-11-12-13-16-19-29-23(27)25(5-2,6-3)24(28)30-22-18-15-14-17-21(22)20-26/h14-15,17-18,20H,4-13,16,19H2,1-3H3. The van der Waals surface area contributed by atoms with Gasteiger partial charge in [0.05, 0.1) is 12.2 Å². The molecule has 1 aromatic carbocycles. The van der Waals surface area contributed by atoms with Crippen molar-refractivity contribution in [2.45, 2.75) is 91.4 Å². The van der Waals surface area contributed by atoms with Crippen LogP contribution in [0.4, 0.5) is 0 Å². The van der Waals surface area contributed by atoms with Crippen LogP contribution in [0.25, 0.3) is 0 Å². The van der Waals surface area contributed by atoms with E-state index in [2.05, 4.69) is 6.92 Å². The van der Waals surface area contributed by atoms with Crippen molar-refractivity contribution in [1.29, 1.82) is 0 Å². The van der Waals surface area contributed by atoms with Crippen molar-refractivity contribution in [3.05, 3.63) is 29.8 Å². The summed E-state index contributed by atoms with van der Waals surface area (Å²) in [7, 11) is 0. The molecule has 0 heterocycles. The van der Waals surface area contributed by atoms with Crippen LogP contribution in [0, 0.1) is 5.41 Å². The van der Waals surface area contributed by atoms with Gasteiger partial charge in [-0.1, -0.05) is 84.3 Å². The minimum atomic E-state index is -1.35. The lowest BCUT2D eigenvalue weighted by Crippen LogP contribution is -2.42. The summed E-state index contributed by atoms with van der Waals surface area (Å²) in [6, 6.07) is 6.48. The quantitative estimate of drug-likeness (QED) is 0.104. The van der Waals surface area contributed by atoms with Gasteiger partial charge in [0.2, 0.25) is 0 Å². The zero-order chi connectivity index (χ0) is 22.2. The summed E-state index contributed by atoms with van der Waals surface area (Å²) in [5.74, 6) is -1.05. The fourth-order valence-electron chi connectivity index (χ4n) is 3.49. The fraction of sp³-hybridized carbons (Fsp3) is 0.640. The molecule has 0 aliphatic carbocycles. The lowest BCUT2D eigenvalue weighted by Gasteiger charge is -2.27. The van der Waals surface area contributed by atoms with Crippen molar-refractivity contribution in [3.8, 4) is 5.75 Å². The minimum absolute atomic E-state index is 0.163. The van der Waals surface area contributed by atoms with Crippen molar-refractivity contribution in [3.63, 3.8) is 0 Å². The van der Waals surface area contributed by atoms with Crippen LogP contribution in [0.2, 0.25) is 0 Å². The van der Waals surface area contributed by atoms with Crippen LogP contribution in [0.3, 0.4) is 0 Å². The van der Waals surface area contributed by atoms with Crippen molar-refractivity contribution in [2.75, 3.05) is 6.61 Å². The molecule has 0 bridgehead atoms. The molecule has 0 aliphatic heterocycles. The number of unbranched alkanes of at least 4 members (excludes halogenated alkanes) is 8. The molecule has 0 atom stereocenters. The van der Waals surface area contributed by atoms with Crippen LogP contribution < -0.4 is 4.74 Å². The second-order valence-electron chi connectivity index (χ2n) is 7.80. The van der Waals surface area contributed by atoms with E-state index in [1.807, 2.05) is 0 Å². The highest BCUT2D eigenvalue weighted by Crippen LogP contribution is 2.31. The number of carbonyl (C=O) groups is 3. The number of esters is 2. The van der Waals surface area contributed by atoms with Gasteiger partial charge < -0.3 is 9.47 Å². The second kappa shape index (κ2) is 14.8. The van der Waals surface area contributed by atoms with Crippen LogP contribution in [-0.4, -0.2) is 24.8 Å². The molecule has 0 aromatic heterocycles. The Labute approximate surface area is 181 Å². The van der Waals surface area contributed by atoms with Crippen molar-refractivity contribution in [1.82, 2.24) is 0 Å². The SMILES string of the molecule is CCCCCCCCCCCOC(=O)C(CC)(CC)C(=O)Oc1ccccc1C=O. The van der Waals surface area contributed by atoms with Crippen LogP contribution in [0.15, 0.2) is 24.3 Å². The molecule has 168 valence electrons. The lowest BCUT2D eigenvalue weighted by molar-refractivity contribution is -0.168. The van der Waals surface area contributed by atoms with E-state index >= 15 is 0 Å². The molecule has 0 amide bonds. The third-order valence-corrected chi connectivity index (χ3v) is 5.72. The lowest BCUT2D eigenvalue weighted by atomic mass is 9.82. The van der Waals surface area contributed by atoms with Crippen molar-refractivity contribution < 1.29 is 23.9 Å². The van der Waals surface area contributed by atoms with Gasteiger partial charge in [-0.25, -0.2) is 0 Å². The first-order chi connectivity index (χ1) is 14.6. The van der Waals surface area contributed by atoms with Crippen molar-refractivity contribution >= 4 is 18.2 Å². The van der Waals surface area contributed by atoms with E-state index in [0.29, 0.717) is 12.9 Å². The number of ether oxygens (including phenoxy) is 2. The Morgan fingerprint density at radius 3 is 1.97 bits per heavy atom. The largest absolute Gasteiger partial charge is 0.465 e. The van der Waals surface area contributed by atoms with E-state index in [1.165, 1.54) is 38.5 Å².